The lowest BCUT2D eigenvalue weighted by molar-refractivity contribution is 0.0988. The zero-order chi connectivity index (χ0) is 19.8. The van der Waals surface area contributed by atoms with Gasteiger partial charge in [-0.3, -0.25) is 14.7 Å². The number of anilines is 1. The van der Waals surface area contributed by atoms with Gasteiger partial charge in [0.05, 0.1) is 32.5 Å². The smallest absolute Gasteiger partial charge is 0.272 e. The van der Waals surface area contributed by atoms with Crippen molar-refractivity contribution in [2.24, 2.45) is 0 Å². The number of hydrogen-bond donors (Lipinski definition) is 0. The molecule has 28 heavy (non-hydrogen) atoms. The lowest BCUT2D eigenvalue weighted by Crippen LogP contribution is -2.30. The third-order valence-electron chi connectivity index (χ3n) is 4.32. The molecule has 0 aliphatic carbocycles. The Morgan fingerprint density at radius 2 is 1.96 bits per heavy atom. The molecule has 0 atom stereocenters. The van der Waals surface area contributed by atoms with Crippen molar-refractivity contribution in [3.63, 3.8) is 0 Å². The SMILES string of the molecule is Cc1nc(C)c(C(=O)N(Cc2cccnc2)c2nc3c(C)ccc(Cl)c3s2)s1. The molecule has 0 N–H and O–H groups in total. The molecule has 0 fully saturated rings. The van der Waals surface area contributed by atoms with Crippen molar-refractivity contribution in [1.82, 2.24) is 15.0 Å². The molecule has 1 amide bonds. The van der Waals surface area contributed by atoms with Gasteiger partial charge in [0, 0.05) is 12.4 Å². The van der Waals surface area contributed by atoms with Gasteiger partial charge in [-0.2, -0.15) is 0 Å². The summed E-state index contributed by atoms with van der Waals surface area (Å²) in [6.07, 6.45) is 3.48. The van der Waals surface area contributed by atoms with Gasteiger partial charge in [0.15, 0.2) is 5.13 Å². The molecule has 0 aliphatic heterocycles. The summed E-state index contributed by atoms with van der Waals surface area (Å²) in [5, 5.41) is 2.12. The van der Waals surface area contributed by atoms with Gasteiger partial charge < -0.3 is 0 Å². The van der Waals surface area contributed by atoms with E-state index >= 15 is 0 Å². The van der Waals surface area contributed by atoms with Gasteiger partial charge in [-0.1, -0.05) is 35.1 Å². The molecule has 0 bridgehead atoms. The third kappa shape index (κ3) is 3.53. The highest BCUT2D eigenvalue weighted by Crippen LogP contribution is 2.37. The maximum atomic E-state index is 13.4. The van der Waals surface area contributed by atoms with Crippen LogP contribution in [0.3, 0.4) is 0 Å². The van der Waals surface area contributed by atoms with E-state index in [9.17, 15) is 4.79 Å². The van der Waals surface area contributed by atoms with Gasteiger partial charge in [0.1, 0.15) is 4.88 Å². The van der Waals surface area contributed by atoms with Crippen LogP contribution < -0.4 is 4.90 Å². The first-order valence-electron chi connectivity index (χ1n) is 8.64. The number of aromatic nitrogens is 3. The molecular formula is C20H17ClN4OS2. The first-order valence-corrected chi connectivity index (χ1v) is 10.7. The van der Waals surface area contributed by atoms with E-state index in [1.54, 1.807) is 17.3 Å². The average molecular weight is 429 g/mol. The number of carbonyl (C=O) groups excluding carboxylic acids is 1. The maximum Gasteiger partial charge on any atom is 0.272 e. The van der Waals surface area contributed by atoms with Gasteiger partial charge in [0.2, 0.25) is 0 Å². The Morgan fingerprint density at radius 3 is 2.61 bits per heavy atom. The number of benzene rings is 1. The monoisotopic (exact) mass is 428 g/mol. The van der Waals surface area contributed by atoms with E-state index in [4.69, 9.17) is 16.6 Å². The maximum absolute atomic E-state index is 13.4. The van der Waals surface area contributed by atoms with Crippen LogP contribution in [0.15, 0.2) is 36.7 Å². The standard InChI is InChI=1S/C20H17ClN4OS2/c1-11-6-7-15(21)18-16(11)24-20(28-18)25(10-14-5-4-8-22-9-14)19(26)17-12(2)23-13(3)27-17/h4-9H,10H2,1-3H3. The van der Waals surface area contributed by atoms with Crippen LogP contribution in [0.1, 0.15) is 31.5 Å². The zero-order valence-corrected chi connectivity index (χ0v) is 18.0. The summed E-state index contributed by atoms with van der Waals surface area (Å²) in [5.74, 6) is -0.111. The highest BCUT2D eigenvalue weighted by molar-refractivity contribution is 7.23. The molecule has 0 saturated carbocycles. The minimum absolute atomic E-state index is 0.111. The summed E-state index contributed by atoms with van der Waals surface area (Å²) < 4.78 is 0.887. The number of nitrogens with zero attached hydrogens (tertiary/aromatic N) is 4. The largest absolute Gasteiger partial charge is 0.279 e. The van der Waals surface area contributed by atoms with Crippen molar-refractivity contribution in [1.29, 1.82) is 0 Å². The van der Waals surface area contributed by atoms with E-state index in [0.717, 1.165) is 32.0 Å². The van der Waals surface area contributed by atoms with Crippen molar-refractivity contribution < 1.29 is 4.79 Å². The summed E-state index contributed by atoms with van der Waals surface area (Å²) in [7, 11) is 0. The van der Waals surface area contributed by atoms with Crippen molar-refractivity contribution in [3.8, 4) is 0 Å². The Morgan fingerprint density at radius 1 is 1.14 bits per heavy atom. The lowest BCUT2D eigenvalue weighted by atomic mass is 10.2. The second-order valence-electron chi connectivity index (χ2n) is 6.44. The summed E-state index contributed by atoms with van der Waals surface area (Å²) in [6.45, 7) is 6.13. The Balaban J connectivity index is 1.83. The summed E-state index contributed by atoms with van der Waals surface area (Å²) in [4.78, 5) is 29.1. The van der Waals surface area contributed by atoms with Crippen molar-refractivity contribution >= 4 is 55.5 Å². The topological polar surface area (TPSA) is 59.0 Å². The highest BCUT2D eigenvalue weighted by atomic mass is 35.5. The van der Waals surface area contributed by atoms with E-state index in [-0.39, 0.29) is 5.91 Å². The second-order valence-corrected chi connectivity index (χ2v) is 9.03. The minimum Gasteiger partial charge on any atom is -0.279 e. The lowest BCUT2D eigenvalue weighted by Gasteiger charge is -2.19. The van der Waals surface area contributed by atoms with Crippen molar-refractivity contribution in [2.45, 2.75) is 27.3 Å². The molecule has 0 aliphatic rings. The number of amides is 1. The first-order chi connectivity index (χ1) is 13.4. The van der Waals surface area contributed by atoms with Crippen LogP contribution in [0.2, 0.25) is 5.02 Å². The van der Waals surface area contributed by atoms with Crippen molar-refractivity contribution in [3.05, 3.63) is 68.4 Å². The summed E-state index contributed by atoms with van der Waals surface area (Å²) in [5.41, 5.74) is 3.52. The number of pyridine rings is 1. The molecule has 5 nitrogen and oxygen atoms in total. The Hall–Kier alpha value is -2.35. The number of hydrogen-bond acceptors (Lipinski definition) is 6. The minimum atomic E-state index is -0.111. The Bertz CT molecular complexity index is 1130. The molecule has 0 unspecified atom stereocenters. The molecule has 0 saturated heterocycles. The molecular weight excluding hydrogens is 412 g/mol. The fourth-order valence-corrected chi connectivity index (χ4v) is 5.14. The number of rotatable bonds is 4. The summed E-state index contributed by atoms with van der Waals surface area (Å²) >= 11 is 9.21. The predicted octanol–water partition coefficient (Wildman–Crippen LogP) is 5.57. The van der Waals surface area contributed by atoms with Crippen molar-refractivity contribution in [2.75, 3.05) is 4.90 Å². The van der Waals surface area contributed by atoms with E-state index in [0.29, 0.717) is 21.6 Å². The van der Waals surface area contributed by atoms with Crippen LogP contribution in [0, 0.1) is 20.8 Å². The predicted molar refractivity (Wildman–Crippen MR) is 116 cm³/mol. The van der Waals surface area contributed by atoms with E-state index < -0.39 is 0 Å². The fraction of sp³-hybridized carbons (Fsp3) is 0.200. The molecule has 3 heterocycles. The Labute approximate surface area is 175 Å². The number of aryl methyl sites for hydroxylation is 3. The molecule has 3 aromatic heterocycles. The van der Waals surface area contributed by atoms with Crippen LogP contribution in [0.5, 0.6) is 0 Å². The summed E-state index contributed by atoms with van der Waals surface area (Å²) in [6, 6.07) is 7.62. The van der Waals surface area contributed by atoms with E-state index in [1.165, 1.54) is 22.7 Å². The quantitative estimate of drug-likeness (QED) is 0.426. The number of carbonyl (C=O) groups is 1. The van der Waals surface area contributed by atoms with Crippen LogP contribution in [0.25, 0.3) is 10.2 Å². The number of thiazole rings is 2. The van der Waals surface area contributed by atoms with Crippen LogP contribution in [-0.2, 0) is 6.54 Å². The van der Waals surface area contributed by atoms with Crippen LogP contribution in [0.4, 0.5) is 5.13 Å². The first kappa shape index (κ1) is 19.0. The number of fused-ring (bicyclic) bond motifs is 1. The number of halogens is 1. The molecule has 0 radical (unpaired) electrons. The normalized spacial score (nSPS) is 11.1. The van der Waals surface area contributed by atoms with Gasteiger partial charge in [-0.25, -0.2) is 9.97 Å². The van der Waals surface area contributed by atoms with Crippen LogP contribution in [-0.4, -0.2) is 20.9 Å². The third-order valence-corrected chi connectivity index (χ3v) is 6.92. The molecule has 8 heteroatoms. The van der Waals surface area contributed by atoms with Gasteiger partial charge >= 0.3 is 0 Å². The molecule has 142 valence electrons. The van der Waals surface area contributed by atoms with Gasteiger partial charge in [-0.05, 0) is 44.0 Å². The van der Waals surface area contributed by atoms with Gasteiger partial charge in [-0.15, -0.1) is 11.3 Å². The average Bonchev–Trinajstić information content (AvgIpc) is 3.27. The highest BCUT2D eigenvalue weighted by Gasteiger charge is 2.26. The molecule has 4 aromatic rings. The molecule has 4 rings (SSSR count). The Kier molecular flexibility index (Phi) is 5.14. The zero-order valence-electron chi connectivity index (χ0n) is 15.6. The van der Waals surface area contributed by atoms with E-state index in [2.05, 4.69) is 9.97 Å². The van der Waals surface area contributed by atoms with Crippen LogP contribution >= 0.6 is 34.3 Å². The molecule has 1 aromatic carbocycles. The second kappa shape index (κ2) is 7.58. The molecule has 0 spiro atoms. The fourth-order valence-electron chi connectivity index (χ4n) is 2.96. The van der Waals surface area contributed by atoms with E-state index in [1.807, 2.05) is 45.0 Å². The van der Waals surface area contributed by atoms with Gasteiger partial charge in [0.25, 0.3) is 5.91 Å².